The smallest absolute Gasteiger partial charge is 0.238 e. The van der Waals surface area contributed by atoms with Crippen LogP contribution >= 0.6 is 0 Å². The van der Waals surface area contributed by atoms with E-state index in [4.69, 9.17) is 15.0 Å². The SMILES string of the molecule is Cc1ccccc1-c1nc(-c2ccccc2)nc(-n2ccc3cc(-c4ccccc4)c4c(c5ccccc5n4-c4ccccc4)c32)n1. The molecular formula is C42H29N5. The summed E-state index contributed by atoms with van der Waals surface area (Å²) in [6, 6.07) is 52.8. The molecule has 3 heterocycles. The summed E-state index contributed by atoms with van der Waals surface area (Å²) >= 11 is 0. The zero-order valence-electron chi connectivity index (χ0n) is 25.7. The maximum absolute atomic E-state index is 5.15. The van der Waals surface area contributed by atoms with Crippen molar-refractivity contribution in [1.82, 2.24) is 24.1 Å². The normalized spacial score (nSPS) is 11.5. The molecule has 0 saturated heterocycles. The third kappa shape index (κ3) is 4.43. The van der Waals surface area contributed by atoms with Gasteiger partial charge in [0, 0.05) is 44.7 Å². The molecule has 0 N–H and O–H groups in total. The topological polar surface area (TPSA) is 48.5 Å². The van der Waals surface area contributed by atoms with E-state index in [0.717, 1.165) is 49.7 Å². The summed E-state index contributed by atoms with van der Waals surface area (Å²) in [5.41, 5.74) is 9.85. The first-order chi connectivity index (χ1) is 23.2. The summed E-state index contributed by atoms with van der Waals surface area (Å²) in [5, 5.41) is 3.45. The Bertz CT molecular complexity index is 2560. The van der Waals surface area contributed by atoms with Crippen molar-refractivity contribution in [2.45, 2.75) is 6.92 Å². The van der Waals surface area contributed by atoms with Gasteiger partial charge >= 0.3 is 0 Å². The largest absolute Gasteiger partial charge is 0.309 e. The standard InChI is InChI=1S/C42H29N5/c1-28-15-11-12-22-33(28)41-43-40(30-18-7-3-8-19-30)44-42(45-41)46-26-25-31-27-35(29-16-5-2-6-17-29)39-37(38(31)46)34-23-13-14-24-36(34)47(39)32-20-9-4-10-21-32/h2-27H,1H3. The lowest BCUT2D eigenvalue weighted by atomic mass is 9.99. The van der Waals surface area contributed by atoms with Crippen molar-refractivity contribution in [3.63, 3.8) is 0 Å². The minimum atomic E-state index is 0.581. The van der Waals surface area contributed by atoms with E-state index in [1.807, 2.05) is 42.5 Å². The second kappa shape index (κ2) is 10.9. The van der Waals surface area contributed by atoms with Crippen LogP contribution in [0.4, 0.5) is 0 Å². The Labute approximate surface area is 272 Å². The number of nitrogens with zero attached hydrogens (tertiary/aromatic N) is 5. The summed E-state index contributed by atoms with van der Waals surface area (Å²) in [4.78, 5) is 15.3. The van der Waals surface area contributed by atoms with Crippen LogP contribution in [-0.2, 0) is 0 Å². The predicted molar refractivity (Wildman–Crippen MR) is 192 cm³/mol. The van der Waals surface area contributed by atoms with E-state index in [-0.39, 0.29) is 0 Å². The third-order valence-electron chi connectivity index (χ3n) is 8.94. The van der Waals surface area contributed by atoms with Crippen molar-refractivity contribution in [2.75, 3.05) is 0 Å². The van der Waals surface area contributed by atoms with Gasteiger partial charge in [0.15, 0.2) is 11.6 Å². The van der Waals surface area contributed by atoms with Crippen LogP contribution in [0.25, 0.3) is 78.2 Å². The molecule has 0 aliphatic heterocycles. The van der Waals surface area contributed by atoms with Gasteiger partial charge in [0.2, 0.25) is 5.95 Å². The number of hydrogen-bond acceptors (Lipinski definition) is 3. The fourth-order valence-corrected chi connectivity index (χ4v) is 6.77. The predicted octanol–water partition coefficient (Wildman–Crippen LogP) is 10.2. The second-order valence-electron chi connectivity index (χ2n) is 11.8. The van der Waals surface area contributed by atoms with Crippen molar-refractivity contribution < 1.29 is 0 Å². The Kier molecular flexibility index (Phi) is 6.28. The highest BCUT2D eigenvalue weighted by Gasteiger charge is 2.23. The lowest BCUT2D eigenvalue weighted by molar-refractivity contribution is 0.934. The molecule has 3 aromatic heterocycles. The van der Waals surface area contributed by atoms with Crippen LogP contribution in [0.1, 0.15) is 5.56 Å². The maximum Gasteiger partial charge on any atom is 0.238 e. The summed E-state index contributed by atoms with van der Waals surface area (Å²) in [6.07, 6.45) is 2.10. The quantitative estimate of drug-likeness (QED) is 0.197. The highest BCUT2D eigenvalue weighted by Crippen LogP contribution is 2.43. The van der Waals surface area contributed by atoms with Crippen molar-refractivity contribution in [1.29, 1.82) is 0 Å². The van der Waals surface area contributed by atoms with Crippen molar-refractivity contribution >= 4 is 32.7 Å². The van der Waals surface area contributed by atoms with E-state index in [0.29, 0.717) is 17.6 Å². The fourth-order valence-electron chi connectivity index (χ4n) is 6.77. The molecule has 9 aromatic rings. The van der Waals surface area contributed by atoms with Crippen LogP contribution in [0.5, 0.6) is 0 Å². The molecule has 5 heteroatoms. The molecule has 0 saturated carbocycles. The second-order valence-corrected chi connectivity index (χ2v) is 11.8. The zero-order chi connectivity index (χ0) is 31.3. The maximum atomic E-state index is 5.15. The Morgan fingerprint density at radius 2 is 1.15 bits per heavy atom. The number of aryl methyl sites for hydroxylation is 1. The number of fused-ring (bicyclic) bond motifs is 5. The van der Waals surface area contributed by atoms with Crippen LogP contribution < -0.4 is 0 Å². The zero-order valence-corrected chi connectivity index (χ0v) is 25.7. The van der Waals surface area contributed by atoms with Crippen LogP contribution in [0.15, 0.2) is 158 Å². The monoisotopic (exact) mass is 603 g/mol. The van der Waals surface area contributed by atoms with Crippen molar-refractivity contribution in [2.24, 2.45) is 0 Å². The van der Waals surface area contributed by atoms with Gasteiger partial charge in [-0.05, 0) is 48.4 Å². The summed E-state index contributed by atoms with van der Waals surface area (Å²) in [7, 11) is 0. The highest BCUT2D eigenvalue weighted by atomic mass is 15.2. The molecule has 0 bridgehead atoms. The molecule has 6 aromatic carbocycles. The van der Waals surface area contributed by atoms with Gasteiger partial charge in [-0.2, -0.15) is 9.97 Å². The van der Waals surface area contributed by atoms with E-state index < -0.39 is 0 Å². The number of aromatic nitrogens is 5. The van der Waals surface area contributed by atoms with Crippen molar-refractivity contribution in [3.05, 3.63) is 163 Å². The third-order valence-corrected chi connectivity index (χ3v) is 8.94. The van der Waals surface area contributed by atoms with Crippen LogP contribution in [0, 0.1) is 6.92 Å². The van der Waals surface area contributed by atoms with Gasteiger partial charge in [-0.3, -0.25) is 4.57 Å². The first kappa shape index (κ1) is 27.0. The Balaban J connectivity index is 1.42. The van der Waals surface area contributed by atoms with Gasteiger partial charge in [0.1, 0.15) is 0 Å². The molecule has 0 radical (unpaired) electrons. The van der Waals surface area contributed by atoms with E-state index in [2.05, 4.69) is 131 Å². The Hall–Kier alpha value is -6.33. The highest BCUT2D eigenvalue weighted by molar-refractivity contribution is 6.24. The van der Waals surface area contributed by atoms with Gasteiger partial charge in [0.25, 0.3) is 0 Å². The molecule has 0 amide bonds. The van der Waals surface area contributed by atoms with E-state index in [1.54, 1.807) is 0 Å². The minimum absolute atomic E-state index is 0.581. The molecule has 0 aliphatic carbocycles. The van der Waals surface area contributed by atoms with Gasteiger partial charge in [-0.15, -0.1) is 0 Å². The van der Waals surface area contributed by atoms with Gasteiger partial charge in [0.05, 0.1) is 16.6 Å². The van der Waals surface area contributed by atoms with E-state index in [9.17, 15) is 0 Å². The fraction of sp³-hybridized carbons (Fsp3) is 0.0238. The molecule has 0 fully saturated rings. The number of rotatable bonds is 5. The number of hydrogen-bond donors (Lipinski definition) is 0. The molecule has 0 atom stereocenters. The van der Waals surface area contributed by atoms with Gasteiger partial charge in [-0.25, -0.2) is 4.98 Å². The van der Waals surface area contributed by atoms with Crippen LogP contribution in [0.3, 0.4) is 0 Å². The average molecular weight is 604 g/mol. The molecule has 0 spiro atoms. The van der Waals surface area contributed by atoms with Gasteiger partial charge in [-0.1, -0.05) is 121 Å². The molecular weight excluding hydrogens is 574 g/mol. The van der Waals surface area contributed by atoms with Crippen molar-refractivity contribution in [3.8, 4) is 45.5 Å². The number of para-hydroxylation sites is 2. The summed E-state index contributed by atoms with van der Waals surface area (Å²) in [5.74, 6) is 1.87. The molecule has 0 aliphatic rings. The van der Waals surface area contributed by atoms with Crippen LogP contribution in [-0.4, -0.2) is 24.1 Å². The Morgan fingerprint density at radius 1 is 0.511 bits per heavy atom. The lowest BCUT2D eigenvalue weighted by Gasteiger charge is -2.14. The number of benzene rings is 6. The summed E-state index contributed by atoms with van der Waals surface area (Å²) in [6.45, 7) is 2.10. The first-order valence-electron chi connectivity index (χ1n) is 15.8. The average Bonchev–Trinajstić information content (AvgIpc) is 3.72. The van der Waals surface area contributed by atoms with Crippen LogP contribution in [0.2, 0.25) is 0 Å². The summed E-state index contributed by atoms with van der Waals surface area (Å²) < 4.78 is 4.54. The van der Waals surface area contributed by atoms with Gasteiger partial charge < -0.3 is 4.57 Å². The molecule has 9 rings (SSSR count). The molecule has 5 nitrogen and oxygen atoms in total. The Morgan fingerprint density at radius 3 is 1.91 bits per heavy atom. The molecule has 0 unspecified atom stereocenters. The van der Waals surface area contributed by atoms with E-state index >= 15 is 0 Å². The molecule has 47 heavy (non-hydrogen) atoms. The first-order valence-corrected chi connectivity index (χ1v) is 15.8. The minimum Gasteiger partial charge on any atom is -0.309 e. The van der Waals surface area contributed by atoms with E-state index in [1.165, 1.54) is 16.5 Å². The molecule has 222 valence electrons. The lowest BCUT2D eigenvalue weighted by Crippen LogP contribution is -2.06.